The third-order valence-corrected chi connectivity index (χ3v) is 2.34. The van der Waals surface area contributed by atoms with Crippen molar-refractivity contribution in [3.05, 3.63) is 22.4 Å². The molecule has 0 saturated carbocycles. The van der Waals surface area contributed by atoms with Gasteiger partial charge in [-0.05, 0) is 18.4 Å². The maximum absolute atomic E-state index is 11.4. The molecule has 0 saturated heterocycles. The maximum atomic E-state index is 11.4. The van der Waals surface area contributed by atoms with Gasteiger partial charge in [0.25, 0.3) is 5.91 Å². The van der Waals surface area contributed by atoms with Crippen LogP contribution < -0.4 is 11.2 Å². The van der Waals surface area contributed by atoms with Gasteiger partial charge in [-0.25, -0.2) is 5.90 Å². The van der Waals surface area contributed by atoms with Gasteiger partial charge in [0.15, 0.2) is 0 Å². The van der Waals surface area contributed by atoms with Crippen LogP contribution in [0, 0.1) is 0 Å². The van der Waals surface area contributed by atoms with Crippen molar-refractivity contribution >= 4 is 17.2 Å². The molecular weight excluding hydrogens is 188 g/mol. The van der Waals surface area contributed by atoms with Crippen molar-refractivity contribution in [2.45, 2.75) is 13.0 Å². The van der Waals surface area contributed by atoms with Crippen molar-refractivity contribution in [2.75, 3.05) is 6.61 Å². The van der Waals surface area contributed by atoms with Gasteiger partial charge in [0, 0.05) is 0 Å². The molecule has 4 nitrogen and oxygen atoms in total. The highest BCUT2D eigenvalue weighted by Crippen LogP contribution is 2.07. The number of carbonyl (C=O) groups excluding carboxylic acids is 1. The lowest BCUT2D eigenvalue weighted by Crippen LogP contribution is -2.36. The molecule has 1 unspecified atom stereocenters. The van der Waals surface area contributed by atoms with Gasteiger partial charge in [-0.2, -0.15) is 0 Å². The maximum Gasteiger partial charge on any atom is 0.261 e. The molecule has 13 heavy (non-hydrogen) atoms. The second-order valence-electron chi connectivity index (χ2n) is 2.69. The molecule has 0 radical (unpaired) electrons. The largest absolute Gasteiger partial charge is 0.346 e. The van der Waals surface area contributed by atoms with Crippen molar-refractivity contribution in [3.8, 4) is 0 Å². The van der Waals surface area contributed by atoms with Gasteiger partial charge in [-0.15, -0.1) is 11.3 Å². The SMILES string of the molecule is CC(CON)NC(=O)c1cccs1. The minimum Gasteiger partial charge on any atom is -0.346 e. The van der Waals surface area contributed by atoms with Crippen LogP contribution in [0.5, 0.6) is 0 Å². The number of thiophene rings is 1. The highest BCUT2D eigenvalue weighted by Gasteiger charge is 2.09. The van der Waals surface area contributed by atoms with E-state index in [0.29, 0.717) is 11.5 Å². The molecule has 0 bridgehead atoms. The van der Waals surface area contributed by atoms with E-state index in [2.05, 4.69) is 10.2 Å². The molecule has 0 aliphatic carbocycles. The summed E-state index contributed by atoms with van der Waals surface area (Å²) < 4.78 is 0. The van der Waals surface area contributed by atoms with Crippen LogP contribution in [0.3, 0.4) is 0 Å². The molecule has 1 atom stereocenters. The lowest BCUT2D eigenvalue weighted by molar-refractivity contribution is 0.0861. The van der Waals surface area contributed by atoms with E-state index in [0.717, 1.165) is 0 Å². The number of amides is 1. The molecule has 0 spiro atoms. The van der Waals surface area contributed by atoms with Crippen LogP contribution in [-0.2, 0) is 4.84 Å². The first kappa shape index (κ1) is 10.2. The summed E-state index contributed by atoms with van der Waals surface area (Å²) in [5.74, 6) is 4.79. The van der Waals surface area contributed by atoms with Crippen LogP contribution in [0.15, 0.2) is 17.5 Å². The Morgan fingerprint density at radius 3 is 3.15 bits per heavy atom. The first-order valence-corrected chi connectivity index (χ1v) is 4.78. The molecule has 0 aliphatic rings. The summed E-state index contributed by atoms with van der Waals surface area (Å²) in [6, 6.07) is 3.54. The zero-order chi connectivity index (χ0) is 9.68. The van der Waals surface area contributed by atoms with E-state index in [9.17, 15) is 4.79 Å². The topological polar surface area (TPSA) is 64.3 Å². The van der Waals surface area contributed by atoms with E-state index >= 15 is 0 Å². The van der Waals surface area contributed by atoms with Crippen LogP contribution in [-0.4, -0.2) is 18.6 Å². The van der Waals surface area contributed by atoms with Gasteiger partial charge in [-0.3, -0.25) is 4.79 Å². The third-order valence-electron chi connectivity index (χ3n) is 1.47. The molecule has 0 aliphatic heterocycles. The van der Waals surface area contributed by atoms with Crippen LogP contribution in [0.4, 0.5) is 0 Å². The fraction of sp³-hybridized carbons (Fsp3) is 0.375. The summed E-state index contributed by atoms with van der Waals surface area (Å²) in [6.45, 7) is 2.15. The van der Waals surface area contributed by atoms with Crippen molar-refractivity contribution < 1.29 is 9.63 Å². The Morgan fingerprint density at radius 2 is 2.62 bits per heavy atom. The smallest absolute Gasteiger partial charge is 0.261 e. The van der Waals surface area contributed by atoms with E-state index in [1.165, 1.54) is 11.3 Å². The van der Waals surface area contributed by atoms with Crippen molar-refractivity contribution in [3.63, 3.8) is 0 Å². The summed E-state index contributed by atoms with van der Waals surface area (Å²) in [5.41, 5.74) is 0. The second-order valence-corrected chi connectivity index (χ2v) is 3.63. The molecule has 1 aromatic heterocycles. The van der Waals surface area contributed by atoms with E-state index in [-0.39, 0.29) is 11.9 Å². The zero-order valence-corrected chi connectivity index (χ0v) is 8.14. The predicted molar refractivity (Wildman–Crippen MR) is 51.4 cm³/mol. The average Bonchev–Trinajstić information content (AvgIpc) is 2.55. The molecule has 0 aromatic carbocycles. The predicted octanol–water partition coefficient (Wildman–Crippen LogP) is 0.757. The van der Waals surface area contributed by atoms with Gasteiger partial charge >= 0.3 is 0 Å². The normalized spacial score (nSPS) is 12.5. The van der Waals surface area contributed by atoms with Crippen LogP contribution >= 0.6 is 11.3 Å². The lowest BCUT2D eigenvalue weighted by Gasteiger charge is -2.10. The fourth-order valence-electron chi connectivity index (χ4n) is 0.889. The molecule has 5 heteroatoms. The highest BCUT2D eigenvalue weighted by atomic mass is 32.1. The van der Waals surface area contributed by atoms with Crippen LogP contribution in [0.1, 0.15) is 16.6 Å². The molecule has 1 heterocycles. The molecule has 72 valence electrons. The summed E-state index contributed by atoms with van der Waals surface area (Å²) in [7, 11) is 0. The number of nitrogens with one attached hydrogen (secondary N) is 1. The Bertz CT molecular complexity index is 261. The van der Waals surface area contributed by atoms with Crippen molar-refractivity contribution in [1.29, 1.82) is 0 Å². The Hall–Kier alpha value is -0.910. The van der Waals surface area contributed by atoms with Gasteiger partial charge in [0.05, 0.1) is 17.5 Å². The van der Waals surface area contributed by atoms with Crippen LogP contribution in [0.25, 0.3) is 0 Å². The van der Waals surface area contributed by atoms with Gasteiger partial charge in [-0.1, -0.05) is 6.07 Å². The number of hydrogen-bond acceptors (Lipinski definition) is 4. The molecule has 0 fully saturated rings. The number of nitrogens with two attached hydrogens (primary N) is 1. The highest BCUT2D eigenvalue weighted by molar-refractivity contribution is 7.12. The van der Waals surface area contributed by atoms with Gasteiger partial charge in [0.2, 0.25) is 0 Å². The first-order chi connectivity index (χ1) is 6.24. The monoisotopic (exact) mass is 200 g/mol. The summed E-state index contributed by atoms with van der Waals surface area (Å²) in [5, 5.41) is 4.61. The molecule has 1 amide bonds. The Labute approximate surface area is 80.7 Å². The van der Waals surface area contributed by atoms with Gasteiger partial charge in [0.1, 0.15) is 0 Å². The first-order valence-electron chi connectivity index (χ1n) is 3.90. The van der Waals surface area contributed by atoms with Crippen LogP contribution in [0.2, 0.25) is 0 Å². The van der Waals surface area contributed by atoms with Crippen molar-refractivity contribution in [1.82, 2.24) is 5.32 Å². The quantitative estimate of drug-likeness (QED) is 0.705. The van der Waals surface area contributed by atoms with E-state index in [1.54, 1.807) is 6.07 Å². The number of rotatable bonds is 4. The molecule has 1 rings (SSSR count). The van der Waals surface area contributed by atoms with E-state index < -0.39 is 0 Å². The molecule has 3 N–H and O–H groups in total. The molecular formula is C8H12N2O2S. The summed E-state index contributed by atoms with van der Waals surface area (Å²) >= 11 is 1.41. The minimum absolute atomic E-state index is 0.0698. The second kappa shape index (κ2) is 4.96. The lowest BCUT2D eigenvalue weighted by atomic mass is 10.3. The standard InChI is InChI=1S/C8H12N2O2S/c1-6(5-12-9)10-8(11)7-3-2-4-13-7/h2-4,6H,5,9H2,1H3,(H,10,11). The number of hydrogen-bond donors (Lipinski definition) is 2. The van der Waals surface area contributed by atoms with E-state index in [1.807, 2.05) is 18.4 Å². The summed E-state index contributed by atoms with van der Waals surface area (Å²) in [4.78, 5) is 16.5. The van der Waals surface area contributed by atoms with Crippen molar-refractivity contribution in [2.24, 2.45) is 5.90 Å². The van der Waals surface area contributed by atoms with E-state index in [4.69, 9.17) is 5.90 Å². The summed E-state index contributed by atoms with van der Waals surface area (Å²) in [6.07, 6.45) is 0. The third kappa shape index (κ3) is 3.14. The number of carbonyl (C=O) groups is 1. The Morgan fingerprint density at radius 1 is 1.85 bits per heavy atom. The average molecular weight is 200 g/mol. The minimum atomic E-state index is -0.0837. The van der Waals surface area contributed by atoms with Gasteiger partial charge < -0.3 is 10.2 Å². The zero-order valence-electron chi connectivity index (χ0n) is 7.32. The Balaban J connectivity index is 2.42. The Kier molecular flexibility index (Phi) is 3.88. The fourth-order valence-corrected chi connectivity index (χ4v) is 1.52. The molecule has 1 aromatic rings.